The molecule has 0 unspecified atom stereocenters. The van der Waals surface area contributed by atoms with Crippen LogP contribution in [0, 0.1) is 18.8 Å². The number of hydrogen-bond donors (Lipinski definition) is 0. The lowest BCUT2D eigenvalue weighted by molar-refractivity contribution is -0.152. The Hall–Kier alpha value is -1.85. The molecular formula is C20H22ClNO4. The Morgan fingerprint density at radius 3 is 3.00 bits per heavy atom. The van der Waals surface area contributed by atoms with Crippen LogP contribution in [0.2, 0.25) is 5.02 Å². The molecule has 1 aromatic rings. The van der Waals surface area contributed by atoms with Crippen molar-refractivity contribution in [1.29, 1.82) is 0 Å². The number of aryl methyl sites for hydroxylation is 1. The molecule has 3 heterocycles. The predicted molar refractivity (Wildman–Crippen MR) is 98.1 cm³/mol. The van der Waals surface area contributed by atoms with Gasteiger partial charge in [0.15, 0.2) is 0 Å². The van der Waals surface area contributed by atoms with Crippen LogP contribution in [0.4, 0.5) is 5.69 Å². The van der Waals surface area contributed by atoms with Gasteiger partial charge in [-0.05, 0) is 37.1 Å². The molecule has 4 atom stereocenters. The highest BCUT2D eigenvalue weighted by molar-refractivity contribution is 6.31. The third-order valence-electron chi connectivity index (χ3n) is 5.57. The Balaban J connectivity index is 1.60. The van der Waals surface area contributed by atoms with Crippen LogP contribution in [0.15, 0.2) is 30.4 Å². The van der Waals surface area contributed by atoms with Crippen molar-refractivity contribution in [3.63, 3.8) is 0 Å². The molecule has 0 aromatic heterocycles. The molecule has 4 rings (SSSR count). The van der Waals surface area contributed by atoms with Gasteiger partial charge >= 0.3 is 5.97 Å². The molecule has 2 fully saturated rings. The molecule has 26 heavy (non-hydrogen) atoms. The number of ether oxygens (including phenoxy) is 2. The van der Waals surface area contributed by atoms with Crippen molar-refractivity contribution < 1.29 is 19.1 Å². The average molecular weight is 376 g/mol. The number of amides is 1. The highest BCUT2D eigenvalue weighted by atomic mass is 35.5. The molecule has 3 aliphatic rings. The third kappa shape index (κ3) is 2.57. The summed E-state index contributed by atoms with van der Waals surface area (Å²) < 4.78 is 11.5. The van der Waals surface area contributed by atoms with Gasteiger partial charge in [-0.15, -0.1) is 0 Å². The first-order chi connectivity index (χ1) is 12.5. The van der Waals surface area contributed by atoms with E-state index in [0.717, 1.165) is 24.1 Å². The Kier molecular flexibility index (Phi) is 4.32. The van der Waals surface area contributed by atoms with Crippen molar-refractivity contribution >= 4 is 29.2 Å². The van der Waals surface area contributed by atoms with Crippen molar-refractivity contribution in [2.24, 2.45) is 11.8 Å². The molecule has 5 nitrogen and oxygen atoms in total. The standard InChI is InChI=1S/C20H22ClNO4/c1-3-4-9-25-19(24)16-15-7-8-20(26-15)11-22(18(23)17(16)20)13-5-6-14(21)12(2)10-13/h5-8,10,15-17H,3-4,9,11H2,1-2H3/t15-,16-,17+,20-/m1/s1. The number of halogens is 1. The number of benzene rings is 1. The number of carbonyl (C=O) groups is 2. The number of esters is 1. The van der Waals surface area contributed by atoms with Crippen LogP contribution in [0.1, 0.15) is 25.3 Å². The minimum Gasteiger partial charge on any atom is -0.465 e. The van der Waals surface area contributed by atoms with Gasteiger partial charge in [0.2, 0.25) is 5.91 Å². The van der Waals surface area contributed by atoms with Crippen LogP contribution < -0.4 is 4.90 Å². The van der Waals surface area contributed by atoms with E-state index in [-0.39, 0.29) is 18.0 Å². The van der Waals surface area contributed by atoms with E-state index < -0.39 is 17.4 Å². The second-order valence-electron chi connectivity index (χ2n) is 7.28. The summed E-state index contributed by atoms with van der Waals surface area (Å²) in [4.78, 5) is 27.5. The minimum atomic E-state index is -0.732. The lowest BCUT2D eigenvalue weighted by Crippen LogP contribution is -2.40. The number of hydrogen-bond acceptors (Lipinski definition) is 4. The van der Waals surface area contributed by atoms with E-state index in [1.54, 1.807) is 11.0 Å². The number of fused-ring (bicyclic) bond motifs is 1. The van der Waals surface area contributed by atoms with E-state index in [9.17, 15) is 9.59 Å². The third-order valence-corrected chi connectivity index (χ3v) is 5.99. The van der Waals surface area contributed by atoms with Crippen molar-refractivity contribution in [3.05, 3.63) is 40.9 Å². The molecule has 138 valence electrons. The quantitative estimate of drug-likeness (QED) is 0.450. The lowest BCUT2D eigenvalue weighted by Gasteiger charge is -2.22. The first-order valence-corrected chi connectivity index (χ1v) is 9.46. The number of anilines is 1. The first-order valence-electron chi connectivity index (χ1n) is 9.08. The van der Waals surface area contributed by atoms with Crippen LogP contribution in [0.5, 0.6) is 0 Å². The lowest BCUT2D eigenvalue weighted by atomic mass is 9.77. The largest absolute Gasteiger partial charge is 0.465 e. The maximum absolute atomic E-state index is 13.2. The van der Waals surface area contributed by atoms with Crippen LogP contribution in [-0.4, -0.2) is 36.7 Å². The van der Waals surface area contributed by atoms with Gasteiger partial charge in [0.05, 0.1) is 25.2 Å². The maximum atomic E-state index is 13.2. The van der Waals surface area contributed by atoms with Crippen molar-refractivity contribution in [1.82, 2.24) is 0 Å². The van der Waals surface area contributed by atoms with Gasteiger partial charge in [-0.3, -0.25) is 9.59 Å². The monoisotopic (exact) mass is 375 g/mol. The average Bonchev–Trinajstić information content (AvgIpc) is 3.26. The van der Waals surface area contributed by atoms with Gasteiger partial charge in [-0.1, -0.05) is 37.1 Å². The van der Waals surface area contributed by atoms with E-state index >= 15 is 0 Å². The molecule has 2 saturated heterocycles. The number of unbranched alkanes of at least 4 members (excludes halogenated alkanes) is 1. The van der Waals surface area contributed by atoms with E-state index in [2.05, 4.69) is 0 Å². The molecule has 1 amide bonds. The molecular weight excluding hydrogens is 354 g/mol. The van der Waals surface area contributed by atoms with E-state index in [1.165, 1.54) is 0 Å². The summed E-state index contributed by atoms with van der Waals surface area (Å²) in [5, 5.41) is 0.660. The second kappa shape index (κ2) is 6.39. The molecule has 1 aromatic carbocycles. The normalized spacial score (nSPS) is 31.6. The summed E-state index contributed by atoms with van der Waals surface area (Å²) in [6.07, 6.45) is 5.24. The Morgan fingerprint density at radius 1 is 1.46 bits per heavy atom. The smallest absolute Gasteiger partial charge is 0.312 e. The number of carbonyl (C=O) groups excluding carboxylic acids is 2. The van der Waals surface area contributed by atoms with Crippen molar-refractivity contribution in [3.8, 4) is 0 Å². The van der Waals surface area contributed by atoms with Crippen molar-refractivity contribution in [2.75, 3.05) is 18.1 Å². The first kappa shape index (κ1) is 17.6. The minimum absolute atomic E-state index is 0.0870. The Morgan fingerprint density at radius 2 is 2.27 bits per heavy atom. The highest BCUT2D eigenvalue weighted by Gasteiger charge is 2.67. The Bertz CT molecular complexity index is 792. The molecule has 0 N–H and O–H groups in total. The fraction of sp³-hybridized carbons (Fsp3) is 0.500. The fourth-order valence-corrected chi connectivity index (χ4v) is 4.31. The topological polar surface area (TPSA) is 55.8 Å². The van der Waals surface area contributed by atoms with E-state index in [0.29, 0.717) is 18.2 Å². The number of nitrogens with zero attached hydrogens (tertiary/aromatic N) is 1. The summed E-state index contributed by atoms with van der Waals surface area (Å²) in [5.41, 5.74) is 0.950. The summed E-state index contributed by atoms with van der Waals surface area (Å²) >= 11 is 6.11. The van der Waals surface area contributed by atoms with Crippen LogP contribution in [-0.2, 0) is 19.1 Å². The van der Waals surface area contributed by atoms with Crippen LogP contribution >= 0.6 is 11.6 Å². The molecule has 3 aliphatic heterocycles. The van der Waals surface area contributed by atoms with E-state index in [1.807, 2.05) is 38.1 Å². The predicted octanol–water partition coefficient (Wildman–Crippen LogP) is 3.28. The SMILES string of the molecule is CCCCOC(=O)[C@H]1[C@H]2C(=O)N(c3ccc(Cl)c(C)c3)C[C@]23C=C[C@H]1O3. The van der Waals surface area contributed by atoms with E-state index in [4.69, 9.17) is 21.1 Å². The van der Waals surface area contributed by atoms with Gasteiger partial charge in [0.25, 0.3) is 0 Å². The fourth-order valence-electron chi connectivity index (χ4n) is 4.20. The van der Waals surface area contributed by atoms with Crippen LogP contribution in [0.25, 0.3) is 0 Å². The van der Waals surface area contributed by atoms with Gasteiger partial charge in [0.1, 0.15) is 11.5 Å². The molecule has 0 radical (unpaired) electrons. The molecule has 0 saturated carbocycles. The molecule has 0 aliphatic carbocycles. The second-order valence-corrected chi connectivity index (χ2v) is 7.69. The summed E-state index contributed by atoms with van der Waals surface area (Å²) in [6.45, 7) is 4.74. The van der Waals surface area contributed by atoms with Crippen LogP contribution in [0.3, 0.4) is 0 Å². The summed E-state index contributed by atoms with van der Waals surface area (Å²) in [5.74, 6) is -1.51. The van der Waals surface area contributed by atoms with Gasteiger partial charge in [-0.2, -0.15) is 0 Å². The maximum Gasteiger partial charge on any atom is 0.312 e. The Labute approximate surface area is 157 Å². The van der Waals surface area contributed by atoms with Crippen molar-refractivity contribution in [2.45, 2.75) is 38.4 Å². The zero-order chi connectivity index (χ0) is 18.5. The summed E-state index contributed by atoms with van der Waals surface area (Å²) in [6, 6.07) is 5.51. The molecule has 2 bridgehead atoms. The van der Waals surface area contributed by atoms with Gasteiger partial charge in [-0.25, -0.2) is 0 Å². The van der Waals surface area contributed by atoms with Gasteiger partial charge < -0.3 is 14.4 Å². The molecule has 6 heteroatoms. The summed E-state index contributed by atoms with van der Waals surface area (Å²) in [7, 11) is 0. The zero-order valence-electron chi connectivity index (χ0n) is 14.9. The highest BCUT2D eigenvalue weighted by Crippen LogP contribution is 2.53. The number of rotatable bonds is 5. The zero-order valence-corrected chi connectivity index (χ0v) is 15.7. The van der Waals surface area contributed by atoms with Gasteiger partial charge in [0, 0.05) is 10.7 Å². The molecule has 1 spiro atoms.